The van der Waals surface area contributed by atoms with Gasteiger partial charge in [0, 0.05) is 24.0 Å². The van der Waals surface area contributed by atoms with Crippen LogP contribution in [0.15, 0.2) is 36.7 Å². The Hall–Kier alpha value is -1.94. The van der Waals surface area contributed by atoms with Gasteiger partial charge >= 0.3 is 0 Å². The highest BCUT2D eigenvalue weighted by Gasteiger charge is 2.26. The molecule has 1 saturated carbocycles. The number of hydrogen-bond acceptors (Lipinski definition) is 3. The van der Waals surface area contributed by atoms with Crippen LogP contribution in [0.3, 0.4) is 0 Å². The first-order chi connectivity index (χ1) is 9.29. The molecule has 19 heavy (non-hydrogen) atoms. The summed E-state index contributed by atoms with van der Waals surface area (Å²) in [7, 11) is 0. The van der Waals surface area contributed by atoms with Gasteiger partial charge in [-0.25, -0.2) is 15.0 Å². The Labute approximate surface area is 115 Å². The van der Waals surface area contributed by atoms with Gasteiger partial charge in [0.15, 0.2) is 5.82 Å². The second-order valence-electron chi connectivity index (χ2n) is 4.81. The molecule has 94 valence electrons. The molecule has 4 rings (SSSR count). The van der Waals surface area contributed by atoms with E-state index in [1.54, 1.807) is 0 Å². The summed E-state index contributed by atoms with van der Waals surface area (Å²) in [5, 5.41) is 0.490. The first-order valence-corrected chi connectivity index (χ1v) is 6.66. The van der Waals surface area contributed by atoms with E-state index in [2.05, 4.69) is 15.0 Å². The van der Waals surface area contributed by atoms with Crippen molar-refractivity contribution in [1.29, 1.82) is 0 Å². The van der Waals surface area contributed by atoms with Gasteiger partial charge in [-0.3, -0.25) is 0 Å². The number of halogens is 1. The van der Waals surface area contributed by atoms with E-state index in [1.807, 2.05) is 41.1 Å². The molecule has 1 aliphatic rings. The van der Waals surface area contributed by atoms with E-state index < -0.39 is 0 Å². The highest BCUT2D eigenvalue weighted by molar-refractivity contribution is 6.29. The maximum atomic E-state index is 6.08. The summed E-state index contributed by atoms with van der Waals surface area (Å²) < 4.78 is 1.95. The topological polar surface area (TPSA) is 43.1 Å². The highest BCUT2D eigenvalue weighted by Crippen LogP contribution is 2.40. The van der Waals surface area contributed by atoms with E-state index in [0.29, 0.717) is 16.9 Å². The van der Waals surface area contributed by atoms with E-state index >= 15 is 0 Å². The largest absolute Gasteiger partial charge is 0.306 e. The molecule has 0 N–H and O–H groups in total. The van der Waals surface area contributed by atoms with Crippen molar-refractivity contribution < 1.29 is 0 Å². The van der Waals surface area contributed by atoms with Gasteiger partial charge in [0.25, 0.3) is 0 Å². The molecule has 3 aromatic rings. The van der Waals surface area contributed by atoms with Gasteiger partial charge in [0.1, 0.15) is 16.5 Å². The number of fused-ring (bicyclic) bond motifs is 1. The number of pyridine rings is 1. The summed E-state index contributed by atoms with van der Waals surface area (Å²) in [6, 6.07) is 7.74. The van der Waals surface area contributed by atoms with Crippen molar-refractivity contribution in [3.05, 3.63) is 47.5 Å². The Kier molecular flexibility index (Phi) is 2.32. The fourth-order valence-corrected chi connectivity index (χ4v) is 2.37. The minimum atomic E-state index is 0.490. The highest BCUT2D eigenvalue weighted by atomic mass is 35.5. The lowest BCUT2D eigenvalue weighted by Gasteiger charge is -2.01. The van der Waals surface area contributed by atoms with Crippen LogP contribution in [0.25, 0.3) is 17.2 Å². The molecule has 4 nitrogen and oxygen atoms in total. The van der Waals surface area contributed by atoms with Crippen LogP contribution in [-0.2, 0) is 0 Å². The molecular weight excluding hydrogens is 260 g/mol. The molecule has 0 unspecified atom stereocenters. The van der Waals surface area contributed by atoms with Crippen molar-refractivity contribution in [2.75, 3.05) is 0 Å². The molecule has 0 aromatic carbocycles. The van der Waals surface area contributed by atoms with Crippen molar-refractivity contribution in [3.63, 3.8) is 0 Å². The standard InChI is InChI=1S/C14H11ClN4/c15-12-7-10(9-4-5-9)17-14(18-12)11-8-19-6-2-1-3-13(19)16-11/h1-3,6-9H,4-5H2. The predicted molar refractivity (Wildman–Crippen MR) is 73.2 cm³/mol. The molecule has 0 amide bonds. The van der Waals surface area contributed by atoms with Crippen LogP contribution >= 0.6 is 11.6 Å². The van der Waals surface area contributed by atoms with Crippen molar-refractivity contribution >= 4 is 17.2 Å². The first-order valence-electron chi connectivity index (χ1n) is 6.28. The van der Waals surface area contributed by atoms with Crippen LogP contribution in [0.5, 0.6) is 0 Å². The summed E-state index contributed by atoms with van der Waals surface area (Å²) in [5.41, 5.74) is 2.68. The average molecular weight is 271 g/mol. The molecule has 1 fully saturated rings. The molecule has 0 atom stereocenters. The summed E-state index contributed by atoms with van der Waals surface area (Å²) in [6.07, 6.45) is 6.27. The van der Waals surface area contributed by atoms with Gasteiger partial charge in [-0.1, -0.05) is 17.7 Å². The van der Waals surface area contributed by atoms with Crippen LogP contribution in [0.1, 0.15) is 24.5 Å². The van der Waals surface area contributed by atoms with E-state index in [0.717, 1.165) is 17.0 Å². The van der Waals surface area contributed by atoms with Crippen molar-refractivity contribution in [2.45, 2.75) is 18.8 Å². The van der Waals surface area contributed by atoms with Crippen molar-refractivity contribution in [1.82, 2.24) is 19.4 Å². The van der Waals surface area contributed by atoms with Crippen LogP contribution < -0.4 is 0 Å². The zero-order chi connectivity index (χ0) is 12.8. The molecule has 5 heteroatoms. The lowest BCUT2D eigenvalue weighted by atomic mass is 10.3. The molecule has 0 saturated heterocycles. The SMILES string of the molecule is Clc1cc(C2CC2)nc(-c2cn3ccccc3n2)n1. The minimum Gasteiger partial charge on any atom is -0.306 e. The molecule has 0 bridgehead atoms. The molecule has 3 heterocycles. The monoisotopic (exact) mass is 270 g/mol. The summed E-state index contributed by atoms with van der Waals surface area (Å²) >= 11 is 6.08. The molecule has 0 radical (unpaired) electrons. The molecule has 0 aliphatic heterocycles. The van der Waals surface area contributed by atoms with Gasteiger partial charge < -0.3 is 4.40 Å². The van der Waals surface area contributed by atoms with Crippen molar-refractivity contribution in [2.24, 2.45) is 0 Å². The Morgan fingerprint density at radius 3 is 2.84 bits per heavy atom. The van der Waals surface area contributed by atoms with Crippen LogP contribution in [0, 0.1) is 0 Å². The number of rotatable bonds is 2. The predicted octanol–water partition coefficient (Wildman–Crippen LogP) is 3.32. The number of hydrogen-bond donors (Lipinski definition) is 0. The Balaban J connectivity index is 1.86. The second-order valence-corrected chi connectivity index (χ2v) is 5.19. The molecular formula is C14H11ClN4. The third-order valence-corrected chi connectivity index (χ3v) is 3.50. The number of aromatic nitrogens is 4. The number of imidazole rings is 1. The van der Waals surface area contributed by atoms with Crippen LogP contribution in [0.2, 0.25) is 5.15 Å². The van der Waals surface area contributed by atoms with Crippen LogP contribution in [0.4, 0.5) is 0 Å². The van der Waals surface area contributed by atoms with Gasteiger partial charge in [-0.15, -0.1) is 0 Å². The normalized spacial score (nSPS) is 15.0. The molecule has 3 aromatic heterocycles. The maximum absolute atomic E-state index is 6.08. The van der Waals surface area contributed by atoms with Gasteiger partial charge in [0.2, 0.25) is 0 Å². The lowest BCUT2D eigenvalue weighted by molar-refractivity contribution is 0.990. The third-order valence-electron chi connectivity index (χ3n) is 3.30. The van der Waals surface area contributed by atoms with E-state index in [1.165, 1.54) is 12.8 Å². The summed E-state index contributed by atoms with van der Waals surface area (Å²) in [5.74, 6) is 1.16. The lowest BCUT2D eigenvalue weighted by Crippen LogP contribution is -1.95. The minimum absolute atomic E-state index is 0.490. The first kappa shape index (κ1) is 10.9. The third kappa shape index (κ3) is 1.98. The Bertz CT molecular complexity index is 728. The second kappa shape index (κ2) is 4.03. The molecule has 0 spiro atoms. The maximum Gasteiger partial charge on any atom is 0.181 e. The molecule has 1 aliphatic carbocycles. The van der Waals surface area contributed by atoms with E-state index in [4.69, 9.17) is 11.6 Å². The van der Waals surface area contributed by atoms with Crippen molar-refractivity contribution in [3.8, 4) is 11.5 Å². The van der Waals surface area contributed by atoms with Crippen LogP contribution in [-0.4, -0.2) is 19.4 Å². The quantitative estimate of drug-likeness (QED) is 0.671. The van der Waals surface area contributed by atoms with E-state index in [9.17, 15) is 0 Å². The van der Waals surface area contributed by atoms with Gasteiger partial charge in [-0.2, -0.15) is 0 Å². The van der Waals surface area contributed by atoms with Gasteiger partial charge in [-0.05, 0) is 31.0 Å². The Morgan fingerprint density at radius 1 is 1.16 bits per heavy atom. The van der Waals surface area contributed by atoms with E-state index in [-0.39, 0.29) is 0 Å². The zero-order valence-electron chi connectivity index (χ0n) is 10.1. The fraction of sp³-hybridized carbons (Fsp3) is 0.214. The smallest absolute Gasteiger partial charge is 0.181 e. The Morgan fingerprint density at radius 2 is 2.05 bits per heavy atom. The van der Waals surface area contributed by atoms with Gasteiger partial charge in [0.05, 0.1) is 0 Å². The zero-order valence-corrected chi connectivity index (χ0v) is 10.9. The number of nitrogens with zero attached hydrogens (tertiary/aromatic N) is 4. The average Bonchev–Trinajstić information content (AvgIpc) is 3.17. The summed E-state index contributed by atoms with van der Waals surface area (Å²) in [6.45, 7) is 0. The summed E-state index contributed by atoms with van der Waals surface area (Å²) in [4.78, 5) is 13.4. The fourth-order valence-electron chi connectivity index (χ4n) is 2.18.